The van der Waals surface area contributed by atoms with E-state index in [-0.39, 0.29) is 10.6 Å². The molecule has 3 N–H and O–H groups in total. The number of hydrogen-bond acceptors (Lipinski definition) is 5. The van der Waals surface area contributed by atoms with Crippen LogP contribution in [0.4, 0.5) is 5.69 Å². The molecule has 0 unspecified atom stereocenters. The summed E-state index contributed by atoms with van der Waals surface area (Å²) in [6.45, 7) is 2.28. The molecule has 8 nitrogen and oxygen atoms in total. The van der Waals surface area contributed by atoms with Crippen LogP contribution in [0.5, 0.6) is 0 Å². The molecule has 0 spiro atoms. The van der Waals surface area contributed by atoms with E-state index in [1.54, 1.807) is 11.6 Å². The minimum atomic E-state index is -3.77. The Morgan fingerprint density at radius 1 is 1.12 bits per heavy atom. The third kappa shape index (κ3) is 3.95. The van der Waals surface area contributed by atoms with Gasteiger partial charge in [0.1, 0.15) is 0 Å². The molecule has 134 valence electrons. The number of anilines is 1. The first-order chi connectivity index (χ1) is 12.3. The molecule has 9 heteroatoms. The first-order valence-electron chi connectivity index (χ1n) is 7.73. The Balaban J connectivity index is 1.74. The molecule has 0 radical (unpaired) electrons. The van der Waals surface area contributed by atoms with Crippen molar-refractivity contribution in [2.24, 2.45) is 5.14 Å². The van der Waals surface area contributed by atoms with E-state index < -0.39 is 15.9 Å². The number of hydrogen-bond donors (Lipinski definition) is 2. The summed E-state index contributed by atoms with van der Waals surface area (Å²) < 4.78 is 24.2. The summed E-state index contributed by atoms with van der Waals surface area (Å²) in [5, 5.41) is 15.7. The van der Waals surface area contributed by atoms with Crippen molar-refractivity contribution >= 4 is 21.6 Å². The van der Waals surface area contributed by atoms with Crippen molar-refractivity contribution in [2.75, 3.05) is 5.32 Å². The van der Waals surface area contributed by atoms with Gasteiger partial charge in [-0.1, -0.05) is 35.5 Å². The van der Waals surface area contributed by atoms with E-state index in [9.17, 15) is 13.2 Å². The van der Waals surface area contributed by atoms with Gasteiger partial charge in [0.2, 0.25) is 10.0 Å². The summed E-state index contributed by atoms with van der Waals surface area (Å²) >= 11 is 0. The Bertz CT molecular complexity index is 1030. The Morgan fingerprint density at radius 2 is 1.77 bits per heavy atom. The Kier molecular flexibility index (Phi) is 4.83. The molecule has 26 heavy (non-hydrogen) atoms. The first kappa shape index (κ1) is 17.8. The van der Waals surface area contributed by atoms with E-state index in [0.29, 0.717) is 17.9 Å². The van der Waals surface area contributed by atoms with E-state index >= 15 is 0 Å². The number of primary sulfonamides is 1. The highest BCUT2D eigenvalue weighted by molar-refractivity contribution is 7.89. The second kappa shape index (κ2) is 7.06. The van der Waals surface area contributed by atoms with Crippen LogP contribution in [0.25, 0.3) is 0 Å². The van der Waals surface area contributed by atoms with Crippen LogP contribution in [0.15, 0.2) is 59.5 Å². The fraction of sp³-hybridized carbons (Fsp3) is 0.118. The molecular weight excluding hydrogens is 354 g/mol. The molecule has 0 atom stereocenters. The molecule has 0 aliphatic heterocycles. The smallest absolute Gasteiger partial charge is 0.278 e. The van der Waals surface area contributed by atoms with E-state index in [2.05, 4.69) is 15.6 Å². The second-order valence-electron chi connectivity index (χ2n) is 5.69. The fourth-order valence-corrected chi connectivity index (χ4v) is 2.91. The number of nitrogens with two attached hydrogens (primary N) is 1. The van der Waals surface area contributed by atoms with Gasteiger partial charge in [-0.3, -0.25) is 4.79 Å². The van der Waals surface area contributed by atoms with Crippen LogP contribution >= 0.6 is 0 Å². The molecule has 3 aromatic rings. The largest absolute Gasteiger partial charge is 0.321 e. The summed E-state index contributed by atoms with van der Waals surface area (Å²) in [6.07, 6.45) is 0. The van der Waals surface area contributed by atoms with Gasteiger partial charge in [0, 0.05) is 5.69 Å². The number of carbonyl (C=O) groups is 1. The van der Waals surface area contributed by atoms with Crippen molar-refractivity contribution in [3.63, 3.8) is 0 Å². The van der Waals surface area contributed by atoms with Crippen molar-refractivity contribution in [1.29, 1.82) is 0 Å². The van der Waals surface area contributed by atoms with E-state index in [1.807, 2.05) is 30.3 Å². The summed E-state index contributed by atoms with van der Waals surface area (Å²) in [5.41, 5.74) is 2.31. The normalized spacial score (nSPS) is 11.3. The van der Waals surface area contributed by atoms with Gasteiger partial charge in [-0.15, -0.1) is 5.10 Å². The number of nitrogens with zero attached hydrogens (tertiary/aromatic N) is 3. The van der Waals surface area contributed by atoms with E-state index in [0.717, 1.165) is 5.56 Å². The zero-order valence-corrected chi connectivity index (χ0v) is 14.8. The monoisotopic (exact) mass is 371 g/mol. The average molecular weight is 371 g/mol. The fourth-order valence-electron chi connectivity index (χ4n) is 2.39. The highest BCUT2D eigenvalue weighted by atomic mass is 32.2. The number of nitrogens with one attached hydrogen (secondary N) is 1. The number of sulfonamides is 1. The third-order valence-corrected chi connectivity index (χ3v) is 4.74. The van der Waals surface area contributed by atoms with Gasteiger partial charge in [-0.2, -0.15) is 0 Å². The predicted octanol–water partition coefficient (Wildman–Crippen LogP) is 1.53. The highest BCUT2D eigenvalue weighted by Crippen LogP contribution is 2.15. The molecule has 0 saturated carbocycles. The number of carbonyl (C=O) groups excluding carboxylic acids is 1. The zero-order chi connectivity index (χ0) is 18.7. The van der Waals surface area contributed by atoms with Gasteiger partial charge in [-0.25, -0.2) is 18.2 Å². The lowest BCUT2D eigenvalue weighted by Crippen LogP contribution is -2.15. The Hall–Kier alpha value is -3.04. The molecule has 0 saturated heterocycles. The maximum atomic E-state index is 12.4. The van der Waals surface area contributed by atoms with Crippen LogP contribution in [0, 0.1) is 6.92 Å². The van der Waals surface area contributed by atoms with Crippen LogP contribution in [0.3, 0.4) is 0 Å². The summed E-state index contributed by atoms with van der Waals surface area (Å²) in [6, 6.07) is 15.3. The maximum Gasteiger partial charge on any atom is 0.278 e. The van der Waals surface area contributed by atoms with Crippen LogP contribution in [-0.2, 0) is 16.6 Å². The Labute approximate surface area is 150 Å². The number of amides is 1. The molecule has 1 heterocycles. The minimum Gasteiger partial charge on any atom is -0.321 e. The molecule has 0 aliphatic rings. The van der Waals surface area contributed by atoms with Gasteiger partial charge >= 0.3 is 0 Å². The molecule has 1 aromatic heterocycles. The van der Waals surface area contributed by atoms with E-state index in [1.165, 1.54) is 24.3 Å². The predicted molar refractivity (Wildman–Crippen MR) is 96.1 cm³/mol. The summed E-state index contributed by atoms with van der Waals surface area (Å²) in [5.74, 6) is -0.426. The first-order valence-corrected chi connectivity index (χ1v) is 9.27. The van der Waals surface area contributed by atoms with Crippen molar-refractivity contribution in [3.05, 3.63) is 71.5 Å². The van der Waals surface area contributed by atoms with Crippen LogP contribution < -0.4 is 10.5 Å². The number of aromatic nitrogens is 3. The second-order valence-corrected chi connectivity index (χ2v) is 7.25. The quantitative estimate of drug-likeness (QED) is 0.705. The third-order valence-electron chi connectivity index (χ3n) is 3.81. The van der Waals surface area contributed by atoms with Crippen molar-refractivity contribution < 1.29 is 13.2 Å². The summed E-state index contributed by atoms with van der Waals surface area (Å²) in [7, 11) is -3.77. The van der Waals surface area contributed by atoms with Crippen molar-refractivity contribution in [1.82, 2.24) is 15.0 Å². The lowest BCUT2D eigenvalue weighted by Gasteiger charge is -2.06. The van der Waals surface area contributed by atoms with Crippen LogP contribution in [0.2, 0.25) is 0 Å². The standard InChI is InChI=1S/C17H17N5O3S/c1-12-16(20-21-22(12)11-13-5-3-2-4-6-13)17(23)19-14-7-9-15(10-8-14)26(18,24)25/h2-10H,11H2,1H3,(H,19,23)(H2,18,24,25). The van der Waals surface area contributed by atoms with Gasteiger partial charge in [0.25, 0.3) is 5.91 Å². The molecule has 0 fully saturated rings. The number of benzene rings is 2. The van der Waals surface area contributed by atoms with E-state index in [4.69, 9.17) is 5.14 Å². The lowest BCUT2D eigenvalue weighted by molar-refractivity contribution is 0.102. The van der Waals surface area contributed by atoms with Crippen molar-refractivity contribution in [3.8, 4) is 0 Å². The number of rotatable bonds is 5. The SMILES string of the molecule is Cc1c(C(=O)Nc2ccc(S(N)(=O)=O)cc2)nnn1Cc1ccccc1. The molecule has 1 amide bonds. The molecule has 0 bridgehead atoms. The van der Waals surface area contributed by atoms with Gasteiger partial charge in [-0.05, 0) is 36.8 Å². The van der Waals surface area contributed by atoms with Crippen LogP contribution in [-0.4, -0.2) is 29.3 Å². The summed E-state index contributed by atoms with van der Waals surface area (Å²) in [4.78, 5) is 12.4. The van der Waals surface area contributed by atoms with Gasteiger partial charge in [0.15, 0.2) is 5.69 Å². The molecule has 3 rings (SSSR count). The molecule has 0 aliphatic carbocycles. The maximum absolute atomic E-state index is 12.4. The molecular formula is C17H17N5O3S. The zero-order valence-electron chi connectivity index (χ0n) is 14.0. The lowest BCUT2D eigenvalue weighted by atomic mass is 10.2. The Morgan fingerprint density at radius 3 is 2.38 bits per heavy atom. The van der Waals surface area contributed by atoms with Crippen molar-refractivity contribution in [2.45, 2.75) is 18.4 Å². The average Bonchev–Trinajstić information content (AvgIpc) is 2.96. The minimum absolute atomic E-state index is 0.0273. The molecule has 2 aromatic carbocycles. The van der Waals surface area contributed by atoms with Crippen LogP contribution in [0.1, 0.15) is 21.7 Å². The highest BCUT2D eigenvalue weighted by Gasteiger charge is 2.17. The van der Waals surface area contributed by atoms with Gasteiger partial charge < -0.3 is 5.32 Å². The van der Waals surface area contributed by atoms with Gasteiger partial charge in [0.05, 0.1) is 17.1 Å². The topological polar surface area (TPSA) is 120 Å².